The fourth-order valence-corrected chi connectivity index (χ4v) is 8.02. The number of H-pyrrole nitrogens is 1. The van der Waals surface area contributed by atoms with Gasteiger partial charge in [0, 0.05) is 73.8 Å². The number of benzene rings is 3. The van der Waals surface area contributed by atoms with E-state index in [2.05, 4.69) is 31.2 Å². The van der Waals surface area contributed by atoms with Crippen molar-refractivity contribution in [3.8, 4) is 11.1 Å². The highest BCUT2D eigenvalue weighted by Crippen LogP contribution is 2.37. The maximum absolute atomic E-state index is 15.8. The average Bonchev–Trinajstić information content (AvgIpc) is 3.50. The Hall–Kier alpha value is -6.93. The quantitative estimate of drug-likeness (QED) is 0.0731. The number of imide groups is 2. The summed E-state index contributed by atoms with van der Waals surface area (Å²) in [4.78, 5) is 95.7. The van der Waals surface area contributed by atoms with Crippen LogP contribution < -0.4 is 31.7 Å². The largest absolute Gasteiger partial charge is 0.417 e. The molecule has 1 aromatic heterocycles. The van der Waals surface area contributed by atoms with Gasteiger partial charge in [-0.05, 0) is 69.3 Å². The van der Waals surface area contributed by atoms with Gasteiger partial charge in [0.2, 0.25) is 17.4 Å². The van der Waals surface area contributed by atoms with Crippen molar-refractivity contribution in [2.45, 2.75) is 51.0 Å². The maximum Gasteiger partial charge on any atom is 0.417 e. The summed E-state index contributed by atoms with van der Waals surface area (Å²) in [5.74, 6) is -4.99. The highest BCUT2D eigenvalue weighted by Gasteiger charge is 2.45. The van der Waals surface area contributed by atoms with Crippen LogP contribution in [0.3, 0.4) is 0 Å². The second-order valence-electron chi connectivity index (χ2n) is 15.7. The minimum atomic E-state index is -5.00. The number of piperazine rings is 1. The van der Waals surface area contributed by atoms with Crippen LogP contribution in [0.1, 0.15) is 73.7 Å². The standard InChI is InChI=1S/C44H44F4N8O8/c1-23-21-55(22-24(2)54(23)3)34-10-8-25(18-33(34)52-40(60)29-20-51-37(58)19-30(29)44(46,47)48)27-9-7-26(17-31(27)45)39(59)50-14-16-64-15-13-49-32-6-4-5-28-38(32)43(63)56(42(28)62)35-11-12-36(57)53-41(35)61/h4-10,17-20,23-24,35,49H,11-16,21-22H2,1-3H3,(H,50,59)(H,51,58)(H,52,60)(H,53,57,61)/t23-,24+,35?. The number of halogens is 4. The van der Waals surface area contributed by atoms with Crippen LogP contribution in [-0.4, -0.2) is 115 Å². The summed E-state index contributed by atoms with van der Waals surface area (Å²) in [6.45, 7) is 5.52. The number of aromatic nitrogens is 1. The first kappa shape index (κ1) is 45.1. The number of carbonyl (C=O) groups is 6. The summed E-state index contributed by atoms with van der Waals surface area (Å²) in [5, 5.41) is 10.4. The molecule has 4 aromatic rings. The third-order valence-electron chi connectivity index (χ3n) is 11.5. The molecule has 64 heavy (non-hydrogen) atoms. The van der Waals surface area contributed by atoms with E-state index in [9.17, 15) is 46.7 Å². The van der Waals surface area contributed by atoms with Crippen LogP contribution in [0.2, 0.25) is 0 Å². The fraction of sp³-hybridized carbons (Fsp3) is 0.341. The van der Waals surface area contributed by atoms with Crippen molar-refractivity contribution in [1.82, 2.24) is 25.4 Å². The number of fused-ring (bicyclic) bond motifs is 1. The first-order chi connectivity index (χ1) is 30.4. The number of alkyl halides is 3. The maximum atomic E-state index is 15.8. The van der Waals surface area contributed by atoms with Crippen LogP contribution in [0.15, 0.2) is 71.7 Å². The lowest BCUT2D eigenvalue weighted by molar-refractivity contribution is -0.138. The van der Waals surface area contributed by atoms with Gasteiger partial charge in [0.15, 0.2) is 0 Å². The summed E-state index contributed by atoms with van der Waals surface area (Å²) >= 11 is 0. The summed E-state index contributed by atoms with van der Waals surface area (Å²) in [6.07, 6.45) is -4.27. The molecule has 0 spiro atoms. The van der Waals surface area contributed by atoms with Crippen molar-refractivity contribution in [2.24, 2.45) is 0 Å². The number of nitrogens with one attached hydrogen (secondary N) is 5. The van der Waals surface area contributed by atoms with E-state index >= 15 is 4.39 Å². The van der Waals surface area contributed by atoms with Gasteiger partial charge in [0.25, 0.3) is 23.6 Å². The molecule has 16 nitrogen and oxygen atoms in total. The molecule has 3 aliphatic heterocycles. The Morgan fingerprint density at radius 3 is 2.30 bits per heavy atom. The third-order valence-corrected chi connectivity index (χ3v) is 11.5. The average molecular weight is 889 g/mol. The molecule has 3 atom stereocenters. The predicted octanol–water partition coefficient (Wildman–Crippen LogP) is 4.24. The number of hydrogen-bond donors (Lipinski definition) is 5. The molecule has 4 heterocycles. The second kappa shape index (κ2) is 18.4. The zero-order valence-corrected chi connectivity index (χ0v) is 34.9. The molecule has 20 heteroatoms. The monoisotopic (exact) mass is 888 g/mol. The zero-order chi connectivity index (χ0) is 46.0. The van der Waals surface area contributed by atoms with Crippen LogP contribution in [0.25, 0.3) is 11.1 Å². The molecule has 7 rings (SSSR count). The van der Waals surface area contributed by atoms with Crippen molar-refractivity contribution in [3.05, 3.63) is 111 Å². The summed E-state index contributed by atoms with van der Waals surface area (Å²) < 4.78 is 63.1. The molecule has 5 N–H and O–H groups in total. The molecule has 2 saturated heterocycles. The van der Waals surface area contributed by atoms with Crippen molar-refractivity contribution in [3.63, 3.8) is 0 Å². The first-order valence-corrected chi connectivity index (χ1v) is 20.4. The van der Waals surface area contributed by atoms with Crippen LogP contribution in [0.5, 0.6) is 0 Å². The molecule has 336 valence electrons. The summed E-state index contributed by atoms with van der Waals surface area (Å²) in [6, 6.07) is 12.6. The molecular weight excluding hydrogens is 845 g/mol. The Labute approximate surface area is 363 Å². The fourth-order valence-electron chi connectivity index (χ4n) is 8.02. The zero-order valence-electron chi connectivity index (χ0n) is 34.9. The van der Waals surface area contributed by atoms with E-state index in [1.165, 1.54) is 24.3 Å². The van der Waals surface area contributed by atoms with Crippen molar-refractivity contribution < 1.29 is 51.1 Å². The van der Waals surface area contributed by atoms with Gasteiger partial charge in [-0.2, -0.15) is 13.2 Å². The van der Waals surface area contributed by atoms with E-state index in [1.54, 1.807) is 24.3 Å². The van der Waals surface area contributed by atoms with Crippen molar-refractivity contribution in [1.29, 1.82) is 0 Å². The number of amides is 6. The lowest BCUT2D eigenvalue weighted by Gasteiger charge is -2.44. The molecule has 0 radical (unpaired) electrons. The number of nitrogens with zero attached hydrogens (tertiary/aromatic N) is 3. The van der Waals surface area contributed by atoms with Crippen LogP contribution >= 0.6 is 0 Å². The number of ether oxygens (including phenoxy) is 1. The first-order valence-electron chi connectivity index (χ1n) is 20.4. The molecule has 1 unspecified atom stereocenters. The van der Waals surface area contributed by atoms with Gasteiger partial charge in [-0.15, -0.1) is 0 Å². The summed E-state index contributed by atoms with van der Waals surface area (Å²) in [7, 11) is 1.98. The topological polar surface area (TPSA) is 202 Å². The second-order valence-corrected chi connectivity index (χ2v) is 15.7. The molecule has 3 aliphatic rings. The van der Waals surface area contributed by atoms with E-state index in [0.717, 1.165) is 11.0 Å². The van der Waals surface area contributed by atoms with Gasteiger partial charge in [-0.3, -0.25) is 48.7 Å². The number of hydrogen-bond acceptors (Lipinski definition) is 11. The summed E-state index contributed by atoms with van der Waals surface area (Å²) in [5.41, 5.74) is -1.76. The predicted molar refractivity (Wildman–Crippen MR) is 226 cm³/mol. The van der Waals surface area contributed by atoms with Gasteiger partial charge in [-0.1, -0.05) is 18.2 Å². The lowest BCUT2D eigenvalue weighted by atomic mass is 10.00. The number of pyridine rings is 1. The van der Waals surface area contributed by atoms with Gasteiger partial charge in [0.05, 0.1) is 46.8 Å². The smallest absolute Gasteiger partial charge is 0.382 e. The van der Waals surface area contributed by atoms with Gasteiger partial charge >= 0.3 is 6.18 Å². The van der Waals surface area contributed by atoms with Crippen LogP contribution in [-0.2, 0) is 20.5 Å². The number of carbonyl (C=O) groups excluding carboxylic acids is 6. The third kappa shape index (κ3) is 9.37. The van der Waals surface area contributed by atoms with E-state index in [1.807, 2.05) is 25.8 Å². The minimum absolute atomic E-state index is 0.00155. The van der Waals surface area contributed by atoms with Gasteiger partial charge in [0.1, 0.15) is 11.9 Å². The number of aromatic amines is 1. The molecule has 0 bridgehead atoms. The number of rotatable bonds is 13. The lowest BCUT2D eigenvalue weighted by Crippen LogP contribution is -2.55. The molecule has 2 fully saturated rings. The van der Waals surface area contributed by atoms with Crippen molar-refractivity contribution >= 4 is 52.5 Å². The highest BCUT2D eigenvalue weighted by molar-refractivity contribution is 6.25. The number of anilines is 3. The molecule has 0 aliphatic carbocycles. The highest BCUT2D eigenvalue weighted by atomic mass is 19.4. The van der Waals surface area contributed by atoms with Gasteiger partial charge < -0.3 is 30.6 Å². The Bertz CT molecular complexity index is 2590. The molecule has 0 saturated carbocycles. The Morgan fingerprint density at radius 2 is 1.59 bits per heavy atom. The molecular formula is C44H44F4N8O8. The number of likely N-dealkylation sites (N-methyl/N-ethyl adjacent to an activating group) is 1. The van der Waals surface area contributed by atoms with Crippen LogP contribution in [0, 0.1) is 5.82 Å². The Balaban J connectivity index is 0.968. The van der Waals surface area contributed by atoms with E-state index in [4.69, 9.17) is 4.74 Å². The molecule has 3 aromatic carbocycles. The molecule has 6 amide bonds. The SMILES string of the molecule is C[C@@H]1CN(c2ccc(-c3ccc(C(=O)NCCOCCNc4cccc5c4C(=O)N(C4CCC(=O)NC4=O)C5=O)cc3F)cc2NC(=O)c2c[nH]c(=O)cc2C(F)(F)F)C[C@H](C)N1C. The van der Waals surface area contributed by atoms with Crippen LogP contribution in [0.4, 0.5) is 34.6 Å². The van der Waals surface area contributed by atoms with Gasteiger partial charge in [-0.25, -0.2) is 4.39 Å². The van der Waals surface area contributed by atoms with E-state index in [-0.39, 0.29) is 84.7 Å². The Morgan fingerprint density at radius 1 is 0.859 bits per heavy atom. The van der Waals surface area contributed by atoms with E-state index in [0.29, 0.717) is 36.7 Å². The minimum Gasteiger partial charge on any atom is -0.382 e. The Kier molecular flexibility index (Phi) is 13.0. The van der Waals surface area contributed by atoms with E-state index < -0.39 is 70.2 Å². The number of piperidine rings is 1. The normalized spacial score (nSPS) is 19.1. The van der Waals surface area contributed by atoms with Crippen molar-refractivity contribution in [2.75, 3.05) is 62.0 Å².